The van der Waals surface area contributed by atoms with E-state index in [0.29, 0.717) is 6.42 Å². The van der Waals surface area contributed by atoms with Gasteiger partial charge in [-0.15, -0.1) is 0 Å². The summed E-state index contributed by atoms with van der Waals surface area (Å²) in [6, 6.07) is 4.14. The Morgan fingerprint density at radius 2 is 2.00 bits per heavy atom. The lowest BCUT2D eigenvalue weighted by atomic mass is 9.73. The van der Waals surface area contributed by atoms with Gasteiger partial charge in [0.25, 0.3) is 0 Å². The van der Waals surface area contributed by atoms with Gasteiger partial charge in [-0.25, -0.2) is 4.79 Å². The second kappa shape index (κ2) is 4.32. The fraction of sp³-hybridized carbons (Fsp3) is 0.533. The molecule has 0 fully saturated rings. The van der Waals surface area contributed by atoms with Crippen LogP contribution in [-0.2, 0) is 23.2 Å². The minimum Gasteiger partial charge on any atom is -0.480 e. The average Bonchev–Trinajstić information content (AvgIpc) is 2.38. The van der Waals surface area contributed by atoms with Crippen molar-refractivity contribution in [2.24, 2.45) is 11.5 Å². The molecule has 0 bridgehead atoms. The molecular weight excluding hydrogens is 240 g/mol. The predicted molar refractivity (Wildman–Crippen MR) is 72.7 cm³/mol. The van der Waals surface area contributed by atoms with E-state index in [0.717, 1.165) is 48.8 Å². The van der Waals surface area contributed by atoms with Gasteiger partial charge in [-0.3, -0.25) is 0 Å². The highest BCUT2D eigenvalue weighted by Gasteiger charge is 2.40. The fourth-order valence-electron chi connectivity index (χ4n) is 3.48. The zero-order valence-electron chi connectivity index (χ0n) is 11.0. The summed E-state index contributed by atoms with van der Waals surface area (Å²) < 4.78 is 0. The number of carbonyl (C=O) groups is 1. The van der Waals surface area contributed by atoms with Crippen LogP contribution in [0.2, 0.25) is 0 Å². The van der Waals surface area contributed by atoms with E-state index in [1.807, 2.05) is 6.07 Å². The van der Waals surface area contributed by atoms with Gasteiger partial charge in [0.1, 0.15) is 5.54 Å². The average molecular weight is 260 g/mol. The standard InChI is InChI=1S/C15H20N2O2/c16-13-5-1-3-9-7-10-4-2-6-15(17,14(18)19)12(10)8-11(9)13/h7-8,13H,1-6,16-17H2,(H,18,19)/t13-,15-/m0/s1. The molecule has 1 aromatic rings. The summed E-state index contributed by atoms with van der Waals surface area (Å²) in [6.45, 7) is 0. The minimum absolute atomic E-state index is 0.0222. The molecule has 0 spiro atoms. The smallest absolute Gasteiger partial charge is 0.328 e. The van der Waals surface area contributed by atoms with E-state index in [4.69, 9.17) is 11.5 Å². The molecule has 2 aliphatic carbocycles. The molecule has 0 amide bonds. The summed E-state index contributed by atoms with van der Waals surface area (Å²) in [4.78, 5) is 11.5. The number of hydrogen-bond acceptors (Lipinski definition) is 3. The van der Waals surface area contributed by atoms with Crippen molar-refractivity contribution in [3.8, 4) is 0 Å². The second-order valence-electron chi connectivity index (χ2n) is 5.84. The van der Waals surface area contributed by atoms with Crippen molar-refractivity contribution < 1.29 is 9.90 Å². The summed E-state index contributed by atoms with van der Waals surface area (Å²) in [6.07, 6.45) is 5.38. The molecule has 1 aromatic carbocycles. The maximum atomic E-state index is 11.5. The van der Waals surface area contributed by atoms with Gasteiger partial charge in [-0.2, -0.15) is 0 Å². The van der Waals surface area contributed by atoms with Gasteiger partial charge >= 0.3 is 5.97 Å². The molecule has 2 aliphatic rings. The van der Waals surface area contributed by atoms with Gasteiger partial charge in [0.05, 0.1) is 0 Å². The number of rotatable bonds is 1. The maximum Gasteiger partial charge on any atom is 0.328 e. The highest BCUT2D eigenvalue weighted by molar-refractivity contribution is 5.81. The first-order valence-electron chi connectivity index (χ1n) is 6.96. The Hall–Kier alpha value is -1.39. The van der Waals surface area contributed by atoms with Gasteiger partial charge in [-0.05, 0) is 60.8 Å². The molecule has 0 saturated heterocycles. The summed E-state index contributed by atoms with van der Waals surface area (Å²) >= 11 is 0. The van der Waals surface area contributed by atoms with Crippen LogP contribution in [0.15, 0.2) is 12.1 Å². The third kappa shape index (κ3) is 1.86. The van der Waals surface area contributed by atoms with E-state index in [1.165, 1.54) is 5.56 Å². The highest BCUT2D eigenvalue weighted by Crippen LogP contribution is 2.38. The van der Waals surface area contributed by atoms with Gasteiger partial charge < -0.3 is 16.6 Å². The van der Waals surface area contributed by atoms with Gasteiger partial charge in [0, 0.05) is 6.04 Å². The van der Waals surface area contributed by atoms with Crippen LogP contribution in [0.4, 0.5) is 0 Å². The highest BCUT2D eigenvalue weighted by atomic mass is 16.4. The zero-order valence-corrected chi connectivity index (χ0v) is 11.0. The van der Waals surface area contributed by atoms with Crippen LogP contribution in [0.3, 0.4) is 0 Å². The van der Waals surface area contributed by atoms with Crippen molar-refractivity contribution in [1.82, 2.24) is 0 Å². The van der Waals surface area contributed by atoms with Crippen molar-refractivity contribution in [1.29, 1.82) is 0 Å². The Bertz CT molecular complexity index is 541. The lowest BCUT2D eigenvalue weighted by molar-refractivity contribution is -0.144. The van der Waals surface area contributed by atoms with Crippen molar-refractivity contribution in [3.63, 3.8) is 0 Å². The Kier molecular flexibility index (Phi) is 2.87. The molecule has 3 rings (SSSR count). The normalized spacial score (nSPS) is 29.5. The van der Waals surface area contributed by atoms with Crippen molar-refractivity contribution in [2.75, 3.05) is 0 Å². The van der Waals surface area contributed by atoms with Crippen molar-refractivity contribution in [3.05, 3.63) is 34.4 Å². The molecule has 0 aromatic heterocycles. The van der Waals surface area contributed by atoms with Crippen LogP contribution < -0.4 is 11.5 Å². The lowest BCUT2D eigenvalue weighted by Crippen LogP contribution is -2.47. The van der Waals surface area contributed by atoms with Crippen LogP contribution in [0.25, 0.3) is 0 Å². The SMILES string of the molecule is N[C@H]1CCCc2cc3c(cc21)[C@](N)(C(=O)O)CCC3. The molecule has 5 N–H and O–H groups in total. The van der Waals surface area contributed by atoms with Crippen LogP contribution in [0.5, 0.6) is 0 Å². The maximum absolute atomic E-state index is 11.5. The summed E-state index contributed by atoms with van der Waals surface area (Å²) in [5.41, 5.74) is 15.3. The Labute approximate surface area is 112 Å². The molecule has 0 saturated carbocycles. The Balaban J connectivity index is 2.17. The molecule has 2 atom stereocenters. The molecule has 19 heavy (non-hydrogen) atoms. The molecule has 0 heterocycles. The third-order valence-corrected chi connectivity index (χ3v) is 4.61. The van der Waals surface area contributed by atoms with Crippen molar-refractivity contribution >= 4 is 5.97 Å². The number of aryl methyl sites for hydroxylation is 2. The largest absolute Gasteiger partial charge is 0.480 e. The molecule has 4 heteroatoms. The fourth-order valence-corrected chi connectivity index (χ4v) is 3.48. The minimum atomic E-state index is -1.24. The van der Waals surface area contributed by atoms with Crippen LogP contribution >= 0.6 is 0 Å². The number of carboxylic acids is 1. The van der Waals surface area contributed by atoms with E-state index < -0.39 is 11.5 Å². The molecule has 0 unspecified atom stereocenters. The van der Waals surface area contributed by atoms with Gasteiger partial charge in [0.15, 0.2) is 0 Å². The van der Waals surface area contributed by atoms with Crippen LogP contribution in [0, 0.1) is 0 Å². The molecule has 0 radical (unpaired) electrons. The number of hydrogen-bond donors (Lipinski definition) is 3. The summed E-state index contributed by atoms with van der Waals surface area (Å²) in [5, 5.41) is 9.46. The summed E-state index contributed by atoms with van der Waals surface area (Å²) in [7, 11) is 0. The number of fused-ring (bicyclic) bond motifs is 2. The molecule has 0 aliphatic heterocycles. The number of aliphatic carboxylic acids is 1. The van der Waals surface area contributed by atoms with E-state index in [2.05, 4.69) is 6.07 Å². The number of carboxylic acid groups (broad SMARTS) is 1. The number of nitrogens with two attached hydrogens (primary N) is 2. The predicted octanol–water partition coefficient (Wildman–Crippen LogP) is 1.60. The topological polar surface area (TPSA) is 89.3 Å². The lowest BCUT2D eigenvalue weighted by Gasteiger charge is -2.34. The van der Waals surface area contributed by atoms with Crippen LogP contribution in [0.1, 0.15) is 54.0 Å². The van der Waals surface area contributed by atoms with Crippen LogP contribution in [-0.4, -0.2) is 11.1 Å². The first-order valence-corrected chi connectivity index (χ1v) is 6.96. The first-order chi connectivity index (χ1) is 9.02. The van der Waals surface area contributed by atoms with E-state index in [9.17, 15) is 9.90 Å². The number of benzene rings is 1. The first kappa shape index (κ1) is 12.6. The van der Waals surface area contributed by atoms with E-state index in [-0.39, 0.29) is 6.04 Å². The van der Waals surface area contributed by atoms with E-state index in [1.54, 1.807) is 0 Å². The zero-order chi connectivity index (χ0) is 13.6. The monoisotopic (exact) mass is 260 g/mol. The third-order valence-electron chi connectivity index (χ3n) is 4.61. The van der Waals surface area contributed by atoms with Gasteiger partial charge in [-0.1, -0.05) is 12.1 Å². The summed E-state index contributed by atoms with van der Waals surface area (Å²) in [5.74, 6) is -0.933. The van der Waals surface area contributed by atoms with Gasteiger partial charge in [0.2, 0.25) is 0 Å². The molecule has 4 nitrogen and oxygen atoms in total. The second-order valence-corrected chi connectivity index (χ2v) is 5.84. The van der Waals surface area contributed by atoms with Crippen molar-refractivity contribution in [2.45, 2.75) is 50.1 Å². The Morgan fingerprint density at radius 1 is 1.26 bits per heavy atom. The molecular formula is C15H20N2O2. The Morgan fingerprint density at radius 3 is 2.74 bits per heavy atom. The quantitative estimate of drug-likeness (QED) is 0.715. The molecule has 102 valence electrons. The van der Waals surface area contributed by atoms with E-state index >= 15 is 0 Å².